The van der Waals surface area contributed by atoms with E-state index >= 15 is 0 Å². The molecule has 6 heteroatoms. The predicted octanol–water partition coefficient (Wildman–Crippen LogP) is 1.82. The van der Waals surface area contributed by atoms with Crippen molar-refractivity contribution >= 4 is 23.4 Å². The first-order valence-electron chi connectivity index (χ1n) is 4.85. The number of hydrogen-bond donors (Lipinski definition) is 2. The Morgan fingerprint density at radius 2 is 2.29 bits per heavy atom. The lowest BCUT2D eigenvalue weighted by Crippen LogP contribution is -2.13. The number of carbonyl (C=O) groups is 1. The van der Waals surface area contributed by atoms with Crippen molar-refractivity contribution in [3.63, 3.8) is 0 Å². The lowest BCUT2D eigenvalue weighted by Gasteiger charge is -2.05. The van der Waals surface area contributed by atoms with Gasteiger partial charge in [-0.1, -0.05) is 11.8 Å². The molecular weight excluding hydrogens is 238 g/mol. The average Bonchev–Trinajstić information content (AvgIpc) is 2.67. The molecule has 0 atom stereocenters. The van der Waals surface area contributed by atoms with E-state index in [0.29, 0.717) is 16.3 Å². The number of rotatable bonds is 3. The van der Waals surface area contributed by atoms with Gasteiger partial charge >= 0.3 is 0 Å². The Balaban J connectivity index is 2.39. The van der Waals surface area contributed by atoms with Crippen LogP contribution in [0.2, 0.25) is 0 Å². The molecule has 0 aliphatic carbocycles. The van der Waals surface area contributed by atoms with E-state index in [-0.39, 0.29) is 0 Å². The Kier molecular flexibility index (Phi) is 3.06. The van der Waals surface area contributed by atoms with Crippen molar-refractivity contribution in [2.75, 3.05) is 5.73 Å². The topological polar surface area (TPSA) is 95.1 Å². The molecule has 4 N–H and O–H groups in total. The zero-order valence-electron chi connectivity index (χ0n) is 9.14. The first kappa shape index (κ1) is 11.5. The quantitative estimate of drug-likeness (QED) is 0.865. The van der Waals surface area contributed by atoms with Crippen molar-refractivity contribution in [3.05, 3.63) is 35.9 Å². The van der Waals surface area contributed by atoms with Crippen molar-refractivity contribution in [1.82, 2.24) is 4.98 Å². The summed E-state index contributed by atoms with van der Waals surface area (Å²) >= 11 is 1.32. The average molecular weight is 249 g/mol. The molecular formula is C11H11N3O2S. The molecule has 5 nitrogen and oxygen atoms in total. The summed E-state index contributed by atoms with van der Waals surface area (Å²) in [5.41, 5.74) is 11.6. The molecule has 0 bridgehead atoms. The Labute approximate surface area is 102 Å². The monoisotopic (exact) mass is 249 g/mol. The predicted molar refractivity (Wildman–Crippen MR) is 64.7 cm³/mol. The molecule has 1 amide bonds. The minimum absolute atomic E-state index is 0.315. The second-order valence-corrected chi connectivity index (χ2v) is 4.46. The Bertz CT molecular complexity index is 566. The maximum atomic E-state index is 11.3. The number of anilines is 1. The second-order valence-electron chi connectivity index (χ2n) is 3.43. The van der Waals surface area contributed by atoms with E-state index in [9.17, 15) is 4.79 Å². The maximum absolute atomic E-state index is 11.3. The molecule has 0 spiro atoms. The highest BCUT2D eigenvalue weighted by Gasteiger charge is 2.13. The smallest absolute Gasteiger partial charge is 0.251 e. The molecule has 88 valence electrons. The van der Waals surface area contributed by atoms with Crippen LogP contribution in [-0.2, 0) is 0 Å². The maximum Gasteiger partial charge on any atom is 0.251 e. The van der Waals surface area contributed by atoms with E-state index in [2.05, 4.69) is 4.98 Å². The molecule has 0 aliphatic rings. The van der Waals surface area contributed by atoms with Crippen molar-refractivity contribution < 1.29 is 9.21 Å². The lowest BCUT2D eigenvalue weighted by molar-refractivity contribution is 0.0997. The van der Waals surface area contributed by atoms with Crippen molar-refractivity contribution in [3.8, 4) is 0 Å². The first-order chi connectivity index (χ1) is 8.08. The molecule has 0 aromatic carbocycles. The van der Waals surface area contributed by atoms with Gasteiger partial charge in [-0.2, -0.15) is 0 Å². The van der Waals surface area contributed by atoms with Gasteiger partial charge < -0.3 is 15.9 Å². The van der Waals surface area contributed by atoms with Crippen LogP contribution < -0.4 is 11.5 Å². The summed E-state index contributed by atoms with van der Waals surface area (Å²) in [5, 5.41) is 0.524. The van der Waals surface area contributed by atoms with E-state index < -0.39 is 5.91 Å². The zero-order valence-corrected chi connectivity index (χ0v) is 9.95. The van der Waals surface area contributed by atoms with Crippen LogP contribution in [0, 0.1) is 6.92 Å². The summed E-state index contributed by atoms with van der Waals surface area (Å²) in [7, 11) is 0. The van der Waals surface area contributed by atoms with E-state index in [1.54, 1.807) is 6.26 Å². The third-order valence-electron chi connectivity index (χ3n) is 2.16. The minimum Gasteiger partial charge on any atom is -0.468 e. The number of carbonyl (C=O) groups excluding carboxylic acids is 1. The number of nitrogen functional groups attached to an aromatic ring is 1. The molecule has 0 radical (unpaired) electrons. The van der Waals surface area contributed by atoms with Gasteiger partial charge in [-0.3, -0.25) is 4.79 Å². The summed E-state index contributed by atoms with van der Waals surface area (Å²) in [6, 6.07) is 3.33. The highest BCUT2D eigenvalue weighted by molar-refractivity contribution is 7.99. The number of aryl methyl sites for hydroxylation is 1. The van der Waals surface area contributed by atoms with Gasteiger partial charge in [0.15, 0.2) is 0 Å². The Hall–Kier alpha value is -1.95. The molecule has 0 fully saturated rings. The van der Waals surface area contributed by atoms with E-state index in [1.165, 1.54) is 24.0 Å². The van der Waals surface area contributed by atoms with Crippen LogP contribution in [0.15, 0.2) is 38.9 Å². The van der Waals surface area contributed by atoms with Crippen molar-refractivity contribution in [2.45, 2.75) is 16.8 Å². The van der Waals surface area contributed by atoms with Crippen LogP contribution in [0.25, 0.3) is 0 Å². The second kappa shape index (κ2) is 4.50. The van der Waals surface area contributed by atoms with Crippen LogP contribution in [0.4, 0.5) is 5.69 Å². The molecule has 2 rings (SSSR count). The molecule has 2 heterocycles. The third-order valence-corrected chi connectivity index (χ3v) is 3.32. The Morgan fingerprint density at radius 1 is 1.53 bits per heavy atom. The summed E-state index contributed by atoms with van der Waals surface area (Å²) in [6.45, 7) is 1.84. The summed E-state index contributed by atoms with van der Waals surface area (Å²) in [6.07, 6.45) is 3.07. The van der Waals surface area contributed by atoms with E-state index in [0.717, 1.165) is 10.7 Å². The van der Waals surface area contributed by atoms with Crippen molar-refractivity contribution in [1.29, 1.82) is 0 Å². The Morgan fingerprint density at radius 3 is 2.88 bits per heavy atom. The van der Waals surface area contributed by atoms with Crippen LogP contribution in [0.1, 0.15) is 16.1 Å². The number of nitrogens with two attached hydrogens (primary N) is 2. The fourth-order valence-electron chi connectivity index (χ4n) is 1.31. The molecule has 0 saturated heterocycles. The van der Waals surface area contributed by atoms with Gasteiger partial charge in [-0.05, 0) is 19.1 Å². The fourth-order valence-corrected chi connectivity index (χ4v) is 2.21. The molecule has 0 aliphatic heterocycles. The minimum atomic E-state index is -0.548. The lowest BCUT2D eigenvalue weighted by atomic mass is 10.2. The third kappa shape index (κ3) is 2.42. The molecule has 0 unspecified atom stereocenters. The summed E-state index contributed by atoms with van der Waals surface area (Å²) in [5.74, 6) is 0.220. The first-order valence-corrected chi connectivity index (χ1v) is 5.67. The SMILES string of the molecule is Cc1occc1Sc1ncc(N)cc1C(N)=O. The zero-order chi connectivity index (χ0) is 12.4. The summed E-state index contributed by atoms with van der Waals surface area (Å²) in [4.78, 5) is 16.3. The van der Waals surface area contributed by atoms with Gasteiger partial charge in [0.05, 0.1) is 28.6 Å². The highest BCUT2D eigenvalue weighted by atomic mass is 32.2. The standard InChI is InChI=1S/C11H11N3O2S/c1-6-9(2-3-16-6)17-11-8(10(13)15)4-7(12)5-14-11/h2-5H,12H2,1H3,(H2,13,15). The number of aromatic nitrogens is 1. The fraction of sp³-hybridized carbons (Fsp3) is 0.0909. The van der Waals surface area contributed by atoms with Crippen LogP contribution in [0.5, 0.6) is 0 Å². The van der Waals surface area contributed by atoms with Gasteiger partial charge in [0.1, 0.15) is 10.8 Å². The van der Waals surface area contributed by atoms with E-state index in [1.807, 2.05) is 13.0 Å². The number of amides is 1. The van der Waals surface area contributed by atoms with Gasteiger partial charge in [0.25, 0.3) is 5.91 Å². The largest absolute Gasteiger partial charge is 0.468 e. The number of pyridine rings is 1. The highest BCUT2D eigenvalue weighted by Crippen LogP contribution is 2.32. The van der Waals surface area contributed by atoms with Crippen LogP contribution >= 0.6 is 11.8 Å². The van der Waals surface area contributed by atoms with Gasteiger partial charge in [0, 0.05) is 0 Å². The van der Waals surface area contributed by atoms with Crippen molar-refractivity contribution in [2.24, 2.45) is 5.73 Å². The summed E-state index contributed by atoms with van der Waals surface area (Å²) < 4.78 is 5.17. The number of furan rings is 1. The van der Waals surface area contributed by atoms with Gasteiger partial charge in [-0.25, -0.2) is 4.98 Å². The van der Waals surface area contributed by atoms with E-state index in [4.69, 9.17) is 15.9 Å². The number of primary amides is 1. The molecule has 2 aromatic rings. The van der Waals surface area contributed by atoms with Crippen LogP contribution in [-0.4, -0.2) is 10.9 Å². The molecule has 2 aromatic heterocycles. The molecule has 17 heavy (non-hydrogen) atoms. The van der Waals surface area contributed by atoms with Crippen LogP contribution in [0.3, 0.4) is 0 Å². The number of hydrogen-bond acceptors (Lipinski definition) is 5. The van der Waals surface area contributed by atoms with Gasteiger partial charge in [-0.15, -0.1) is 0 Å². The van der Waals surface area contributed by atoms with Gasteiger partial charge in [0.2, 0.25) is 0 Å². The molecule has 0 saturated carbocycles. The number of nitrogens with zero attached hydrogens (tertiary/aromatic N) is 1. The normalized spacial score (nSPS) is 10.4.